The van der Waals surface area contributed by atoms with Gasteiger partial charge in [0.05, 0.1) is 12.1 Å². The molecule has 1 rings (SSSR count). The third kappa shape index (κ3) is 5.48. The van der Waals surface area contributed by atoms with E-state index in [9.17, 15) is 4.79 Å². The van der Waals surface area contributed by atoms with Gasteiger partial charge in [0, 0.05) is 45.8 Å². The molecule has 0 spiro atoms. The van der Waals surface area contributed by atoms with Crippen LogP contribution in [-0.4, -0.2) is 61.1 Å². The molecule has 1 atom stereocenters. The number of amides is 1. The van der Waals surface area contributed by atoms with Gasteiger partial charge < -0.3 is 9.64 Å². The van der Waals surface area contributed by atoms with Crippen molar-refractivity contribution in [2.45, 2.75) is 45.6 Å². The van der Waals surface area contributed by atoms with Crippen molar-refractivity contribution in [3.63, 3.8) is 0 Å². The maximum Gasteiger partial charge on any atom is 0.222 e. The first-order chi connectivity index (χ1) is 9.72. The molecule has 1 fully saturated rings. The van der Waals surface area contributed by atoms with Crippen molar-refractivity contribution >= 4 is 5.91 Å². The average Bonchev–Trinajstić information content (AvgIpc) is 2.49. The second-order valence-corrected chi connectivity index (χ2v) is 5.15. The van der Waals surface area contributed by atoms with E-state index in [2.05, 4.69) is 17.9 Å². The van der Waals surface area contributed by atoms with Gasteiger partial charge in [-0.05, 0) is 19.8 Å². The van der Waals surface area contributed by atoms with Gasteiger partial charge in [-0.15, -0.1) is 0 Å². The average molecular weight is 281 g/mol. The van der Waals surface area contributed by atoms with Gasteiger partial charge >= 0.3 is 0 Å². The first-order valence-electron chi connectivity index (χ1n) is 7.72. The molecular formula is C15H27N3O2. The summed E-state index contributed by atoms with van der Waals surface area (Å²) in [5.74, 6) is 0.216. The molecule has 20 heavy (non-hydrogen) atoms. The Kier molecular flexibility index (Phi) is 8.24. The van der Waals surface area contributed by atoms with Crippen molar-refractivity contribution in [3.8, 4) is 6.07 Å². The zero-order valence-electron chi connectivity index (χ0n) is 12.8. The molecule has 1 heterocycles. The van der Waals surface area contributed by atoms with Crippen LogP contribution < -0.4 is 0 Å². The minimum absolute atomic E-state index is 0.00945. The number of piperazine rings is 1. The molecule has 0 aromatic heterocycles. The number of hydrogen-bond donors (Lipinski definition) is 0. The van der Waals surface area contributed by atoms with Crippen molar-refractivity contribution in [2.75, 3.05) is 39.4 Å². The Morgan fingerprint density at radius 2 is 2.00 bits per heavy atom. The number of carbonyl (C=O) groups is 1. The summed E-state index contributed by atoms with van der Waals surface area (Å²) in [4.78, 5) is 16.1. The molecule has 0 N–H and O–H groups in total. The normalized spacial score (nSPS) is 17.8. The lowest BCUT2D eigenvalue weighted by Gasteiger charge is -2.37. The fourth-order valence-electron chi connectivity index (χ4n) is 2.51. The summed E-state index contributed by atoms with van der Waals surface area (Å²) < 4.78 is 5.25. The molecule has 0 saturated carbocycles. The van der Waals surface area contributed by atoms with Crippen LogP contribution in [0.2, 0.25) is 0 Å². The number of hydrogen-bond acceptors (Lipinski definition) is 4. The molecule has 1 aliphatic rings. The monoisotopic (exact) mass is 281 g/mol. The first-order valence-corrected chi connectivity index (χ1v) is 7.72. The molecule has 0 aliphatic carbocycles. The highest BCUT2D eigenvalue weighted by Crippen LogP contribution is 2.11. The Bertz CT molecular complexity index is 320. The Balaban J connectivity index is 2.27. The third-order valence-corrected chi connectivity index (χ3v) is 3.70. The van der Waals surface area contributed by atoms with Crippen molar-refractivity contribution in [1.29, 1.82) is 5.26 Å². The second kappa shape index (κ2) is 9.73. The summed E-state index contributed by atoms with van der Waals surface area (Å²) in [5.41, 5.74) is 0. The van der Waals surface area contributed by atoms with Crippen LogP contribution in [0.5, 0.6) is 0 Å². The van der Waals surface area contributed by atoms with Crippen LogP contribution in [0.3, 0.4) is 0 Å². The van der Waals surface area contributed by atoms with E-state index in [1.807, 2.05) is 11.8 Å². The van der Waals surface area contributed by atoms with Crippen LogP contribution in [0.25, 0.3) is 0 Å². The number of carbonyl (C=O) groups excluding carboxylic acids is 1. The molecule has 5 heteroatoms. The molecule has 1 aliphatic heterocycles. The highest BCUT2D eigenvalue weighted by molar-refractivity contribution is 5.76. The van der Waals surface area contributed by atoms with Crippen molar-refractivity contribution in [2.24, 2.45) is 0 Å². The van der Waals surface area contributed by atoms with Crippen LogP contribution in [0.1, 0.15) is 39.5 Å². The number of nitriles is 1. The quantitative estimate of drug-likeness (QED) is 0.635. The fraction of sp³-hybridized carbons (Fsp3) is 0.867. The fourth-order valence-corrected chi connectivity index (χ4v) is 2.51. The van der Waals surface area contributed by atoms with Gasteiger partial charge in [0.15, 0.2) is 0 Å². The summed E-state index contributed by atoms with van der Waals surface area (Å²) in [6.07, 6.45) is 3.30. The first kappa shape index (κ1) is 16.9. The standard InChI is InChI=1S/C15H27N3O2/c1-3-6-14(13-16)17-8-10-18(11-9-17)15(19)7-5-12-20-4-2/h14H,3-12H2,1-2H3. The lowest BCUT2D eigenvalue weighted by molar-refractivity contribution is -0.133. The summed E-state index contributed by atoms with van der Waals surface area (Å²) >= 11 is 0. The van der Waals surface area contributed by atoms with E-state index in [1.54, 1.807) is 0 Å². The van der Waals surface area contributed by atoms with E-state index in [0.717, 1.165) is 45.4 Å². The largest absolute Gasteiger partial charge is 0.382 e. The van der Waals surface area contributed by atoms with Gasteiger partial charge in [0.2, 0.25) is 5.91 Å². The zero-order chi connectivity index (χ0) is 14.8. The number of ether oxygens (including phenoxy) is 1. The number of rotatable bonds is 8. The molecule has 1 amide bonds. The van der Waals surface area contributed by atoms with E-state index in [-0.39, 0.29) is 11.9 Å². The van der Waals surface area contributed by atoms with Crippen molar-refractivity contribution in [3.05, 3.63) is 0 Å². The molecule has 0 bridgehead atoms. The van der Waals surface area contributed by atoms with Gasteiger partial charge in [-0.1, -0.05) is 13.3 Å². The lowest BCUT2D eigenvalue weighted by Crippen LogP contribution is -2.51. The van der Waals surface area contributed by atoms with Gasteiger partial charge in [0.25, 0.3) is 0 Å². The molecular weight excluding hydrogens is 254 g/mol. The molecule has 1 unspecified atom stereocenters. The Morgan fingerprint density at radius 1 is 1.30 bits per heavy atom. The maximum absolute atomic E-state index is 12.0. The third-order valence-electron chi connectivity index (χ3n) is 3.70. The van der Waals surface area contributed by atoms with Gasteiger partial charge in [-0.3, -0.25) is 9.69 Å². The minimum atomic E-state index is 0.00945. The van der Waals surface area contributed by atoms with Crippen LogP contribution in [0.4, 0.5) is 0 Å². The topological polar surface area (TPSA) is 56.6 Å². The van der Waals surface area contributed by atoms with Gasteiger partial charge in [-0.25, -0.2) is 0 Å². The summed E-state index contributed by atoms with van der Waals surface area (Å²) in [7, 11) is 0. The smallest absolute Gasteiger partial charge is 0.222 e. The van der Waals surface area contributed by atoms with Crippen LogP contribution in [0.15, 0.2) is 0 Å². The van der Waals surface area contributed by atoms with Gasteiger partial charge in [-0.2, -0.15) is 5.26 Å². The molecule has 5 nitrogen and oxygen atoms in total. The summed E-state index contributed by atoms with van der Waals surface area (Å²) in [6.45, 7) is 8.55. The predicted molar refractivity (Wildman–Crippen MR) is 78.2 cm³/mol. The maximum atomic E-state index is 12.0. The minimum Gasteiger partial charge on any atom is -0.382 e. The van der Waals surface area contributed by atoms with Crippen LogP contribution >= 0.6 is 0 Å². The molecule has 0 radical (unpaired) electrons. The molecule has 114 valence electrons. The second-order valence-electron chi connectivity index (χ2n) is 5.15. The Morgan fingerprint density at radius 3 is 2.55 bits per heavy atom. The van der Waals surface area contributed by atoms with Crippen LogP contribution in [0, 0.1) is 11.3 Å². The highest BCUT2D eigenvalue weighted by atomic mass is 16.5. The van der Waals surface area contributed by atoms with E-state index in [0.29, 0.717) is 19.6 Å². The van der Waals surface area contributed by atoms with Crippen molar-refractivity contribution in [1.82, 2.24) is 9.80 Å². The van der Waals surface area contributed by atoms with E-state index in [1.165, 1.54) is 0 Å². The van der Waals surface area contributed by atoms with Crippen LogP contribution in [-0.2, 0) is 9.53 Å². The lowest BCUT2D eigenvalue weighted by atomic mass is 10.1. The molecule has 0 aromatic rings. The number of nitrogens with zero attached hydrogens (tertiary/aromatic N) is 3. The molecule has 1 saturated heterocycles. The van der Waals surface area contributed by atoms with E-state index in [4.69, 9.17) is 10.00 Å². The zero-order valence-corrected chi connectivity index (χ0v) is 12.8. The highest BCUT2D eigenvalue weighted by Gasteiger charge is 2.25. The van der Waals surface area contributed by atoms with E-state index < -0.39 is 0 Å². The summed E-state index contributed by atoms with van der Waals surface area (Å²) in [5, 5.41) is 9.17. The SMILES string of the molecule is CCCC(C#N)N1CCN(C(=O)CCCOCC)CC1. The van der Waals surface area contributed by atoms with Gasteiger partial charge in [0.1, 0.15) is 0 Å². The van der Waals surface area contributed by atoms with Crippen molar-refractivity contribution < 1.29 is 9.53 Å². The summed E-state index contributed by atoms with van der Waals surface area (Å²) in [6, 6.07) is 2.38. The van der Waals surface area contributed by atoms with E-state index >= 15 is 0 Å². The molecule has 0 aromatic carbocycles. The Labute approximate surface area is 122 Å². The predicted octanol–water partition coefficient (Wildman–Crippen LogP) is 1.64. The Hall–Kier alpha value is -1.12.